The van der Waals surface area contributed by atoms with Gasteiger partial charge in [-0.15, -0.1) is 5.10 Å². The summed E-state index contributed by atoms with van der Waals surface area (Å²) in [5.74, 6) is -0.277. The smallest absolute Gasteiger partial charge is 0.342 e. The summed E-state index contributed by atoms with van der Waals surface area (Å²) >= 11 is 0. The Bertz CT molecular complexity index is 501. The number of anilines is 1. The van der Waals surface area contributed by atoms with Gasteiger partial charge in [0.2, 0.25) is 11.7 Å². The first-order chi connectivity index (χ1) is 7.65. The van der Waals surface area contributed by atoms with Gasteiger partial charge in [-0.3, -0.25) is 14.6 Å². The molecule has 1 saturated carbocycles. The molecule has 0 aliphatic heterocycles. The lowest BCUT2D eigenvalue weighted by Gasteiger charge is -2.04. The molecule has 1 aromatic heterocycles. The van der Waals surface area contributed by atoms with Crippen molar-refractivity contribution in [3.63, 3.8) is 0 Å². The topological polar surface area (TPSA) is 120 Å². The van der Waals surface area contributed by atoms with Gasteiger partial charge in [-0.2, -0.15) is 0 Å². The van der Waals surface area contributed by atoms with Gasteiger partial charge in [0.1, 0.15) is 0 Å². The Morgan fingerprint density at radius 1 is 1.44 bits per heavy atom. The quantitative estimate of drug-likeness (QED) is 0.479. The van der Waals surface area contributed by atoms with Crippen LogP contribution in [0.5, 0.6) is 0 Å². The van der Waals surface area contributed by atoms with Crippen molar-refractivity contribution in [3.8, 4) is 0 Å². The molecule has 4 N–H and O–H groups in total. The van der Waals surface area contributed by atoms with E-state index in [1.807, 2.05) is 4.98 Å². The minimum Gasteiger partial charge on any atom is -0.355 e. The molecule has 1 aromatic rings. The third-order valence-electron chi connectivity index (χ3n) is 2.07. The summed E-state index contributed by atoms with van der Waals surface area (Å²) in [5.41, 5.74) is -1.33. The first-order valence-electron chi connectivity index (χ1n) is 4.87. The summed E-state index contributed by atoms with van der Waals surface area (Å²) in [6.07, 6.45) is 2.01. The fraction of sp³-hybridized carbons (Fsp3) is 0.500. The zero-order valence-corrected chi connectivity index (χ0v) is 8.37. The monoisotopic (exact) mass is 225 g/mol. The van der Waals surface area contributed by atoms with Crippen molar-refractivity contribution in [3.05, 3.63) is 20.8 Å². The highest BCUT2D eigenvalue weighted by Gasteiger charge is 2.22. The van der Waals surface area contributed by atoms with E-state index < -0.39 is 11.2 Å². The Labute approximate surface area is 89.5 Å². The molecule has 0 saturated heterocycles. The maximum Gasteiger partial charge on any atom is 0.342 e. The van der Waals surface area contributed by atoms with Crippen LogP contribution in [0.4, 0.5) is 5.82 Å². The van der Waals surface area contributed by atoms with Crippen LogP contribution in [0.15, 0.2) is 9.59 Å². The average molecular weight is 225 g/mol. The number of carbonyl (C=O) groups excluding carboxylic acids is 1. The van der Waals surface area contributed by atoms with Crippen molar-refractivity contribution in [2.45, 2.75) is 18.9 Å². The normalized spacial score (nSPS) is 14.5. The molecular weight excluding hydrogens is 214 g/mol. The molecule has 0 radical (unpaired) electrons. The number of aromatic amines is 2. The van der Waals surface area contributed by atoms with Crippen LogP contribution in [0.2, 0.25) is 0 Å². The molecule has 86 valence electrons. The molecule has 2 rings (SSSR count). The van der Waals surface area contributed by atoms with Gasteiger partial charge in [0.15, 0.2) is 0 Å². The predicted octanol–water partition coefficient (Wildman–Crippen LogP) is -1.85. The number of carbonyl (C=O) groups is 1. The van der Waals surface area contributed by atoms with Gasteiger partial charge in [-0.25, -0.2) is 9.89 Å². The summed E-state index contributed by atoms with van der Waals surface area (Å²) in [4.78, 5) is 35.1. The van der Waals surface area contributed by atoms with Crippen LogP contribution < -0.4 is 21.9 Å². The second-order valence-electron chi connectivity index (χ2n) is 3.55. The molecule has 1 aliphatic rings. The van der Waals surface area contributed by atoms with Gasteiger partial charge in [-0.1, -0.05) is 0 Å². The molecule has 8 heteroatoms. The van der Waals surface area contributed by atoms with E-state index in [4.69, 9.17) is 0 Å². The minimum atomic E-state index is -0.682. The summed E-state index contributed by atoms with van der Waals surface area (Å²) in [7, 11) is 0. The summed E-state index contributed by atoms with van der Waals surface area (Å²) < 4.78 is 0. The van der Waals surface area contributed by atoms with Crippen molar-refractivity contribution in [2.24, 2.45) is 0 Å². The minimum absolute atomic E-state index is 0.0430. The van der Waals surface area contributed by atoms with E-state index in [1.165, 1.54) is 0 Å². The molecule has 1 aliphatic carbocycles. The number of hydrogen-bond acceptors (Lipinski definition) is 5. The Hall–Kier alpha value is -2.12. The Morgan fingerprint density at radius 2 is 2.19 bits per heavy atom. The number of aromatic nitrogens is 3. The van der Waals surface area contributed by atoms with E-state index in [9.17, 15) is 14.4 Å². The molecule has 0 spiro atoms. The highest BCUT2D eigenvalue weighted by atomic mass is 16.2. The van der Waals surface area contributed by atoms with Crippen LogP contribution in [0, 0.1) is 0 Å². The summed E-state index contributed by atoms with van der Waals surface area (Å²) in [6, 6.07) is 0.274. The van der Waals surface area contributed by atoms with Gasteiger partial charge in [0, 0.05) is 6.04 Å². The van der Waals surface area contributed by atoms with Gasteiger partial charge in [-0.05, 0) is 12.8 Å². The van der Waals surface area contributed by atoms with E-state index in [1.54, 1.807) is 0 Å². The molecule has 1 amide bonds. The number of hydrogen-bond donors (Lipinski definition) is 4. The van der Waals surface area contributed by atoms with E-state index in [0.29, 0.717) is 0 Å². The standard InChI is InChI=1S/C8H11N5O3/c14-5(10-4-1-2-4)3-9-6-7(15)11-8(16)13-12-6/h4H,1-3H2,(H,9,12)(H,10,14)(H2,11,13,15,16). The number of amides is 1. The summed E-state index contributed by atoms with van der Waals surface area (Å²) in [5, 5.41) is 10.8. The van der Waals surface area contributed by atoms with Crippen molar-refractivity contribution in [1.82, 2.24) is 20.5 Å². The number of nitrogens with one attached hydrogen (secondary N) is 4. The van der Waals surface area contributed by atoms with Crippen LogP contribution in [-0.4, -0.2) is 33.7 Å². The zero-order chi connectivity index (χ0) is 11.5. The largest absolute Gasteiger partial charge is 0.355 e. The lowest BCUT2D eigenvalue weighted by molar-refractivity contribution is -0.119. The van der Waals surface area contributed by atoms with Crippen LogP contribution in [0.25, 0.3) is 0 Å². The Morgan fingerprint density at radius 3 is 2.81 bits per heavy atom. The van der Waals surface area contributed by atoms with Crippen molar-refractivity contribution in [2.75, 3.05) is 11.9 Å². The molecular formula is C8H11N5O3. The van der Waals surface area contributed by atoms with E-state index in [2.05, 4.69) is 20.8 Å². The van der Waals surface area contributed by atoms with Crippen LogP contribution in [0.3, 0.4) is 0 Å². The third kappa shape index (κ3) is 2.69. The highest BCUT2D eigenvalue weighted by molar-refractivity contribution is 5.80. The fourth-order valence-corrected chi connectivity index (χ4v) is 1.14. The summed E-state index contributed by atoms with van der Waals surface area (Å²) in [6.45, 7) is -0.0430. The van der Waals surface area contributed by atoms with E-state index in [-0.39, 0.29) is 24.3 Å². The predicted molar refractivity (Wildman–Crippen MR) is 55.1 cm³/mol. The highest BCUT2D eigenvalue weighted by Crippen LogP contribution is 2.18. The molecule has 16 heavy (non-hydrogen) atoms. The second kappa shape index (κ2) is 4.17. The van der Waals surface area contributed by atoms with E-state index in [0.717, 1.165) is 12.8 Å². The van der Waals surface area contributed by atoms with E-state index >= 15 is 0 Å². The molecule has 0 unspecified atom stereocenters. The maximum atomic E-state index is 11.3. The Balaban J connectivity index is 1.90. The Kier molecular flexibility index (Phi) is 2.71. The first kappa shape index (κ1) is 10.4. The second-order valence-corrected chi connectivity index (χ2v) is 3.55. The number of rotatable bonds is 4. The number of nitrogens with zero attached hydrogens (tertiary/aromatic N) is 1. The van der Waals surface area contributed by atoms with Crippen molar-refractivity contribution in [1.29, 1.82) is 0 Å². The van der Waals surface area contributed by atoms with Crippen molar-refractivity contribution < 1.29 is 4.79 Å². The molecule has 1 heterocycles. The molecule has 0 atom stereocenters. The lowest BCUT2D eigenvalue weighted by Crippen LogP contribution is -2.34. The lowest BCUT2D eigenvalue weighted by atomic mass is 10.5. The maximum absolute atomic E-state index is 11.3. The SMILES string of the molecule is O=C(CNc1n[nH]c(=O)[nH]c1=O)NC1CC1. The molecule has 0 aromatic carbocycles. The van der Waals surface area contributed by atoms with Gasteiger partial charge in [0.25, 0.3) is 5.56 Å². The van der Waals surface area contributed by atoms with Crippen molar-refractivity contribution >= 4 is 11.7 Å². The zero-order valence-electron chi connectivity index (χ0n) is 8.37. The molecule has 8 nitrogen and oxygen atoms in total. The van der Waals surface area contributed by atoms with Crippen LogP contribution in [-0.2, 0) is 4.79 Å². The third-order valence-corrected chi connectivity index (χ3v) is 2.07. The van der Waals surface area contributed by atoms with Gasteiger partial charge >= 0.3 is 5.69 Å². The molecule has 0 bridgehead atoms. The van der Waals surface area contributed by atoms with Gasteiger partial charge in [0.05, 0.1) is 6.54 Å². The average Bonchev–Trinajstić information content (AvgIpc) is 3.00. The van der Waals surface area contributed by atoms with Crippen LogP contribution in [0.1, 0.15) is 12.8 Å². The van der Waals surface area contributed by atoms with Crippen LogP contribution >= 0.6 is 0 Å². The van der Waals surface area contributed by atoms with Gasteiger partial charge < -0.3 is 10.6 Å². The molecule has 1 fully saturated rings. The number of H-pyrrole nitrogens is 2. The fourth-order valence-electron chi connectivity index (χ4n) is 1.14. The first-order valence-corrected chi connectivity index (χ1v) is 4.87.